The standard InChI is InChI=1S/C8H12N4OS/c9-6-2-1-5(3-6)7(13)11-8-12-10-4-14-8/h4-6H,1-3,9H2,(H,11,12,13). The number of carbonyl (C=O) groups excluding carboxylic acids is 1. The molecule has 0 aromatic carbocycles. The van der Waals surface area contributed by atoms with Gasteiger partial charge in [-0.05, 0) is 19.3 Å². The van der Waals surface area contributed by atoms with Crippen molar-refractivity contribution in [2.24, 2.45) is 11.7 Å². The normalized spacial score (nSPS) is 26.4. The van der Waals surface area contributed by atoms with E-state index in [0.29, 0.717) is 5.13 Å². The van der Waals surface area contributed by atoms with Crippen LogP contribution < -0.4 is 11.1 Å². The molecule has 2 atom stereocenters. The molecule has 0 bridgehead atoms. The number of nitrogens with two attached hydrogens (primary N) is 1. The van der Waals surface area contributed by atoms with E-state index in [1.807, 2.05) is 0 Å². The van der Waals surface area contributed by atoms with Gasteiger partial charge in [0.25, 0.3) is 0 Å². The van der Waals surface area contributed by atoms with E-state index in [2.05, 4.69) is 15.5 Å². The molecule has 0 radical (unpaired) electrons. The van der Waals surface area contributed by atoms with Crippen molar-refractivity contribution in [2.45, 2.75) is 25.3 Å². The highest BCUT2D eigenvalue weighted by Gasteiger charge is 2.28. The highest BCUT2D eigenvalue weighted by molar-refractivity contribution is 7.13. The summed E-state index contributed by atoms with van der Waals surface area (Å²) in [4.78, 5) is 11.6. The maximum atomic E-state index is 11.6. The van der Waals surface area contributed by atoms with Crippen LogP contribution in [-0.4, -0.2) is 22.1 Å². The molecule has 5 nitrogen and oxygen atoms in total. The van der Waals surface area contributed by atoms with Gasteiger partial charge >= 0.3 is 0 Å². The number of hydrogen-bond donors (Lipinski definition) is 2. The maximum absolute atomic E-state index is 11.6. The summed E-state index contributed by atoms with van der Waals surface area (Å²) >= 11 is 1.33. The molecule has 3 N–H and O–H groups in total. The smallest absolute Gasteiger partial charge is 0.229 e. The molecule has 0 saturated heterocycles. The summed E-state index contributed by atoms with van der Waals surface area (Å²) in [7, 11) is 0. The van der Waals surface area contributed by atoms with E-state index < -0.39 is 0 Å². The fourth-order valence-electron chi connectivity index (χ4n) is 1.69. The van der Waals surface area contributed by atoms with Crippen LogP contribution >= 0.6 is 11.3 Å². The molecule has 2 rings (SSSR count). The van der Waals surface area contributed by atoms with Crippen molar-refractivity contribution in [2.75, 3.05) is 5.32 Å². The van der Waals surface area contributed by atoms with Crippen molar-refractivity contribution in [1.82, 2.24) is 10.2 Å². The Kier molecular flexibility index (Phi) is 2.74. The maximum Gasteiger partial charge on any atom is 0.229 e. The third-order valence-electron chi connectivity index (χ3n) is 2.43. The van der Waals surface area contributed by atoms with Gasteiger partial charge in [0.2, 0.25) is 11.0 Å². The van der Waals surface area contributed by atoms with E-state index >= 15 is 0 Å². The molecule has 14 heavy (non-hydrogen) atoms. The summed E-state index contributed by atoms with van der Waals surface area (Å²) in [6.07, 6.45) is 2.60. The van der Waals surface area contributed by atoms with E-state index in [9.17, 15) is 4.79 Å². The zero-order valence-electron chi connectivity index (χ0n) is 7.64. The largest absolute Gasteiger partial charge is 0.328 e. The molecule has 0 spiro atoms. The summed E-state index contributed by atoms with van der Waals surface area (Å²) in [6, 6.07) is 0.181. The van der Waals surface area contributed by atoms with Crippen molar-refractivity contribution in [1.29, 1.82) is 0 Å². The van der Waals surface area contributed by atoms with Crippen molar-refractivity contribution in [3.8, 4) is 0 Å². The van der Waals surface area contributed by atoms with Crippen LogP contribution in [0.3, 0.4) is 0 Å². The fourth-order valence-corrected chi connectivity index (χ4v) is 2.14. The number of amides is 1. The van der Waals surface area contributed by atoms with E-state index in [1.165, 1.54) is 11.3 Å². The van der Waals surface area contributed by atoms with Crippen molar-refractivity contribution in [3.05, 3.63) is 5.51 Å². The molecular formula is C8H12N4OS. The molecule has 2 unspecified atom stereocenters. The van der Waals surface area contributed by atoms with E-state index in [0.717, 1.165) is 19.3 Å². The SMILES string of the molecule is NC1CCC(C(=O)Nc2nncs2)C1. The van der Waals surface area contributed by atoms with Crippen LogP contribution in [0.4, 0.5) is 5.13 Å². The Bertz CT molecular complexity index is 313. The molecule has 1 amide bonds. The summed E-state index contributed by atoms with van der Waals surface area (Å²) < 4.78 is 0. The molecule has 1 heterocycles. The van der Waals surface area contributed by atoms with Crippen LogP contribution in [0.15, 0.2) is 5.51 Å². The Balaban J connectivity index is 1.90. The van der Waals surface area contributed by atoms with Crippen LogP contribution in [-0.2, 0) is 4.79 Å². The summed E-state index contributed by atoms with van der Waals surface area (Å²) in [5.41, 5.74) is 7.32. The molecule has 1 aliphatic rings. The summed E-state index contributed by atoms with van der Waals surface area (Å²) in [5, 5.41) is 10.7. The number of carbonyl (C=O) groups is 1. The number of nitrogens with one attached hydrogen (secondary N) is 1. The van der Waals surface area contributed by atoms with Gasteiger partial charge in [-0.1, -0.05) is 11.3 Å². The molecule has 1 aliphatic carbocycles. The first-order valence-corrected chi connectivity index (χ1v) is 5.46. The van der Waals surface area contributed by atoms with Gasteiger partial charge in [0, 0.05) is 12.0 Å². The number of anilines is 1. The van der Waals surface area contributed by atoms with Gasteiger partial charge in [0.15, 0.2) is 0 Å². The van der Waals surface area contributed by atoms with Crippen LogP contribution in [0.5, 0.6) is 0 Å². The average Bonchev–Trinajstić information content (AvgIpc) is 2.75. The highest BCUT2D eigenvalue weighted by Crippen LogP contribution is 2.25. The van der Waals surface area contributed by atoms with Gasteiger partial charge in [-0.25, -0.2) is 0 Å². The zero-order chi connectivity index (χ0) is 9.97. The average molecular weight is 212 g/mol. The topological polar surface area (TPSA) is 80.9 Å². The second-order valence-corrected chi connectivity index (χ2v) is 4.34. The number of hydrogen-bond acceptors (Lipinski definition) is 5. The predicted octanol–water partition coefficient (Wildman–Crippen LogP) is 0.604. The summed E-state index contributed by atoms with van der Waals surface area (Å²) in [5.74, 6) is 0.0728. The molecule has 1 saturated carbocycles. The molecule has 76 valence electrons. The first kappa shape index (κ1) is 9.54. The molecule has 1 aromatic rings. The Morgan fingerprint density at radius 2 is 2.50 bits per heavy atom. The lowest BCUT2D eigenvalue weighted by Gasteiger charge is -2.07. The molecule has 0 aliphatic heterocycles. The Morgan fingerprint density at radius 3 is 3.07 bits per heavy atom. The Hall–Kier alpha value is -1.01. The molecule has 6 heteroatoms. The van der Waals surface area contributed by atoms with Crippen LogP contribution in [0.2, 0.25) is 0 Å². The number of aromatic nitrogens is 2. The van der Waals surface area contributed by atoms with Crippen molar-refractivity contribution in [3.63, 3.8) is 0 Å². The second kappa shape index (κ2) is 4.02. The van der Waals surface area contributed by atoms with Gasteiger partial charge in [0.1, 0.15) is 5.51 Å². The van der Waals surface area contributed by atoms with Gasteiger partial charge in [-0.15, -0.1) is 10.2 Å². The zero-order valence-corrected chi connectivity index (χ0v) is 8.46. The quantitative estimate of drug-likeness (QED) is 0.752. The Morgan fingerprint density at radius 1 is 1.64 bits per heavy atom. The monoisotopic (exact) mass is 212 g/mol. The lowest BCUT2D eigenvalue weighted by atomic mass is 10.1. The van der Waals surface area contributed by atoms with Crippen LogP contribution in [0.1, 0.15) is 19.3 Å². The van der Waals surface area contributed by atoms with Gasteiger partial charge < -0.3 is 11.1 Å². The first-order valence-electron chi connectivity index (χ1n) is 4.58. The third kappa shape index (κ3) is 2.08. The van der Waals surface area contributed by atoms with E-state index in [1.54, 1.807) is 5.51 Å². The Labute approximate surface area is 85.7 Å². The fraction of sp³-hybridized carbons (Fsp3) is 0.625. The minimum atomic E-state index is 0.0229. The van der Waals surface area contributed by atoms with Gasteiger partial charge in [-0.2, -0.15) is 0 Å². The second-order valence-electron chi connectivity index (χ2n) is 3.50. The molecular weight excluding hydrogens is 200 g/mol. The lowest BCUT2D eigenvalue weighted by Crippen LogP contribution is -2.23. The lowest BCUT2D eigenvalue weighted by molar-refractivity contribution is -0.119. The van der Waals surface area contributed by atoms with Crippen LogP contribution in [0, 0.1) is 5.92 Å². The van der Waals surface area contributed by atoms with Gasteiger partial charge in [-0.3, -0.25) is 4.79 Å². The van der Waals surface area contributed by atoms with Crippen molar-refractivity contribution >= 4 is 22.4 Å². The van der Waals surface area contributed by atoms with E-state index in [4.69, 9.17) is 5.73 Å². The van der Waals surface area contributed by atoms with E-state index in [-0.39, 0.29) is 17.9 Å². The van der Waals surface area contributed by atoms with Crippen molar-refractivity contribution < 1.29 is 4.79 Å². The number of rotatable bonds is 2. The highest BCUT2D eigenvalue weighted by atomic mass is 32.1. The van der Waals surface area contributed by atoms with Gasteiger partial charge in [0.05, 0.1) is 0 Å². The molecule has 1 fully saturated rings. The minimum Gasteiger partial charge on any atom is -0.328 e. The number of nitrogens with zero attached hydrogens (tertiary/aromatic N) is 2. The predicted molar refractivity (Wildman–Crippen MR) is 53.9 cm³/mol. The first-order chi connectivity index (χ1) is 6.75. The molecule has 1 aromatic heterocycles. The van der Waals surface area contributed by atoms with Crippen LogP contribution in [0.25, 0.3) is 0 Å². The summed E-state index contributed by atoms with van der Waals surface area (Å²) in [6.45, 7) is 0. The third-order valence-corrected chi connectivity index (χ3v) is 3.04. The minimum absolute atomic E-state index is 0.0229.